The molecular formula is C16H17N3O3S. The van der Waals surface area contributed by atoms with Gasteiger partial charge in [0.1, 0.15) is 6.54 Å². The van der Waals surface area contributed by atoms with E-state index in [1.54, 1.807) is 18.2 Å². The van der Waals surface area contributed by atoms with Crippen molar-refractivity contribution in [1.29, 1.82) is 0 Å². The maximum Gasteiger partial charge on any atom is 0.262 e. The highest BCUT2D eigenvalue weighted by Gasteiger charge is 2.41. The predicted molar refractivity (Wildman–Crippen MR) is 87.8 cm³/mol. The van der Waals surface area contributed by atoms with Crippen LogP contribution in [0.2, 0.25) is 0 Å². The molecule has 0 saturated carbocycles. The van der Waals surface area contributed by atoms with Crippen LogP contribution in [0.1, 0.15) is 19.3 Å². The molecule has 2 fully saturated rings. The molecule has 1 aromatic heterocycles. The summed E-state index contributed by atoms with van der Waals surface area (Å²) < 4.78 is 7.30. The van der Waals surface area contributed by atoms with Crippen LogP contribution in [0.25, 0.3) is 10.9 Å². The number of carbonyl (C=O) groups excluding carboxylic acids is 1. The molecule has 2 aromatic rings. The molecular weight excluding hydrogens is 314 g/mol. The molecule has 6 nitrogen and oxygen atoms in total. The van der Waals surface area contributed by atoms with Gasteiger partial charge < -0.3 is 15.0 Å². The smallest absolute Gasteiger partial charge is 0.262 e. The summed E-state index contributed by atoms with van der Waals surface area (Å²) in [5.41, 5.74) is 0.435. The molecule has 0 aliphatic carbocycles. The van der Waals surface area contributed by atoms with E-state index in [-0.39, 0.29) is 41.0 Å². The van der Waals surface area contributed by atoms with Crippen LogP contribution in [0, 0.1) is 4.77 Å². The van der Waals surface area contributed by atoms with Crippen LogP contribution in [0.15, 0.2) is 29.1 Å². The van der Waals surface area contributed by atoms with Crippen LogP contribution in [0.5, 0.6) is 0 Å². The van der Waals surface area contributed by atoms with Crippen molar-refractivity contribution in [3.63, 3.8) is 0 Å². The highest BCUT2D eigenvalue weighted by Crippen LogP contribution is 2.34. The number of aromatic amines is 1. The number of fused-ring (bicyclic) bond motifs is 3. The molecule has 23 heavy (non-hydrogen) atoms. The lowest BCUT2D eigenvalue weighted by Gasteiger charge is -2.20. The molecule has 0 radical (unpaired) electrons. The van der Waals surface area contributed by atoms with Crippen molar-refractivity contribution in [2.75, 3.05) is 0 Å². The first kappa shape index (κ1) is 14.6. The van der Waals surface area contributed by atoms with E-state index in [0.717, 1.165) is 19.3 Å². The molecule has 120 valence electrons. The number of hydrogen-bond acceptors (Lipinski definition) is 4. The van der Waals surface area contributed by atoms with E-state index in [0.29, 0.717) is 10.9 Å². The van der Waals surface area contributed by atoms with Gasteiger partial charge in [-0.2, -0.15) is 0 Å². The molecule has 2 aliphatic heterocycles. The molecule has 1 aromatic carbocycles. The lowest BCUT2D eigenvalue weighted by atomic mass is 9.95. The van der Waals surface area contributed by atoms with Crippen LogP contribution < -0.4 is 10.9 Å². The van der Waals surface area contributed by atoms with Gasteiger partial charge in [0.25, 0.3) is 5.56 Å². The van der Waals surface area contributed by atoms with Gasteiger partial charge in [0.2, 0.25) is 5.91 Å². The molecule has 2 bridgehead atoms. The number of aromatic nitrogens is 2. The van der Waals surface area contributed by atoms with E-state index in [4.69, 9.17) is 17.0 Å². The van der Waals surface area contributed by atoms with E-state index >= 15 is 0 Å². The minimum Gasteiger partial charge on any atom is -0.373 e. The number of H-pyrrole nitrogens is 1. The summed E-state index contributed by atoms with van der Waals surface area (Å²) in [5.74, 6) is -0.206. The Hall–Kier alpha value is -1.99. The van der Waals surface area contributed by atoms with E-state index in [1.165, 1.54) is 4.57 Å². The minimum absolute atomic E-state index is 0.0509. The maximum absolute atomic E-state index is 12.5. The van der Waals surface area contributed by atoms with Crippen molar-refractivity contribution in [2.24, 2.45) is 0 Å². The fourth-order valence-electron chi connectivity index (χ4n) is 3.53. The number of benzene rings is 1. The molecule has 4 rings (SSSR count). The zero-order valence-corrected chi connectivity index (χ0v) is 13.3. The highest BCUT2D eigenvalue weighted by atomic mass is 32.1. The van der Waals surface area contributed by atoms with Gasteiger partial charge in [0.15, 0.2) is 4.77 Å². The third kappa shape index (κ3) is 2.60. The Morgan fingerprint density at radius 2 is 2.22 bits per heavy atom. The van der Waals surface area contributed by atoms with Crippen LogP contribution in [0.3, 0.4) is 0 Å². The second-order valence-corrected chi connectivity index (χ2v) is 6.54. The molecule has 3 heterocycles. The number of carbonyl (C=O) groups is 1. The fraction of sp³-hybridized carbons (Fsp3) is 0.438. The topological polar surface area (TPSA) is 76.1 Å². The Balaban J connectivity index is 1.56. The summed E-state index contributed by atoms with van der Waals surface area (Å²) >= 11 is 5.22. The van der Waals surface area contributed by atoms with Crippen molar-refractivity contribution in [2.45, 2.75) is 44.1 Å². The van der Waals surface area contributed by atoms with E-state index in [9.17, 15) is 9.59 Å². The molecule has 0 spiro atoms. The Kier molecular flexibility index (Phi) is 3.54. The lowest BCUT2D eigenvalue weighted by molar-refractivity contribution is -0.122. The van der Waals surface area contributed by atoms with Crippen molar-refractivity contribution in [3.8, 4) is 0 Å². The van der Waals surface area contributed by atoms with Crippen molar-refractivity contribution in [1.82, 2.24) is 14.9 Å². The highest BCUT2D eigenvalue weighted by molar-refractivity contribution is 7.71. The molecule has 2 N–H and O–H groups in total. The average molecular weight is 331 g/mol. The van der Waals surface area contributed by atoms with E-state index in [1.807, 2.05) is 6.07 Å². The Morgan fingerprint density at radius 3 is 2.96 bits per heavy atom. The number of hydrogen-bond donors (Lipinski definition) is 2. The van der Waals surface area contributed by atoms with Gasteiger partial charge in [-0.3, -0.25) is 14.2 Å². The predicted octanol–water partition coefficient (Wildman–Crippen LogP) is 1.50. The summed E-state index contributed by atoms with van der Waals surface area (Å²) in [4.78, 5) is 27.8. The number of nitrogens with zero attached hydrogens (tertiary/aromatic N) is 1. The van der Waals surface area contributed by atoms with Gasteiger partial charge in [-0.25, -0.2) is 0 Å². The van der Waals surface area contributed by atoms with E-state index < -0.39 is 0 Å². The van der Waals surface area contributed by atoms with Gasteiger partial charge in [0, 0.05) is 0 Å². The van der Waals surface area contributed by atoms with Gasteiger partial charge >= 0.3 is 0 Å². The second kappa shape index (κ2) is 5.58. The molecule has 2 saturated heterocycles. The minimum atomic E-state index is -0.247. The van der Waals surface area contributed by atoms with Crippen LogP contribution in [-0.2, 0) is 16.1 Å². The van der Waals surface area contributed by atoms with Gasteiger partial charge in [0.05, 0.1) is 29.2 Å². The number of para-hydroxylation sites is 1. The molecule has 1 amide bonds. The SMILES string of the molecule is O=C(Cn1c(=S)[nH]c2ccccc2c1=O)N[C@@H]1C[C@H]2CC[C@H]1O2. The molecule has 3 atom stereocenters. The first-order valence-corrected chi connectivity index (χ1v) is 8.19. The Morgan fingerprint density at radius 1 is 1.39 bits per heavy atom. The molecule has 7 heteroatoms. The fourth-order valence-corrected chi connectivity index (χ4v) is 3.79. The van der Waals surface area contributed by atoms with Crippen LogP contribution in [-0.4, -0.2) is 33.7 Å². The van der Waals surface area contributed by atoms with Crippen molar-refractivity contribution in [3.05, 3.63) is 39.4 Å². The Bertz CT molecular complexity index is 888. The second-order valence-electron chi connectivity index (χ2n) is 6.15. The molecule has 2 aliphatic rings. The number of ether oxygens (including phenoxy) is 1. The molecule has 0 unspecified atom stereocenters. The summed E-state index contributed by atoms with van der Waals surface area (Å²) in [6, 6.07) is 7.19. The standard InChI is InChI=1S/C16H17N3O3S/c20-14(17-12-7-9-5-6-13(12)22-9)8-19-15(21)10-3-1-2-4-11(10)18-16(19)23/h1-4,9,12-13H,5-8H2,(H,17,20)(H,18,23)/t9-,12-,13-/m1/s1. The van der Waals surface area contributed by atoms with Crippen LogP contribution >= 0.6 is 12.2 Å². The number of rotatable bonds is 3. The van der Waals surface area contributed by atoms with Crippen molar-refractivity contribution >= 4 is 29.0 Å². The summed E-state index contributed by atoms with van der Waals surface area (Å²) in [6.45, 7) is -0.0765. The summed E-state index contributed by atoms with van der Waals surface area (Å²) in [6.07, 6.45) is 3.32. The van der Waals surface area contributed by atoms with Gasteiger partial charge in [-0.1, -0.05) is 12.1 Å². The monoisotopic (exact) mass is 331 g/mol. The summed E-state index contributed by atoms with van der Waals surface area (Å²) in [7, 11) is 0. The average Bonchev–Trinajstić information content (AvgIpc) is 3.14. The largest absolute Gasteiger partial charge is 0.373 e. The first-order chi connectivity index (χ1) is 11.1. The quantitative estimate of drug-likeness (QED) is 0.836. The number of nitrogens with one attached hydrogen (secondary N) is 2. The van der Waals surface area contributed by atoms with E-state index in [2.05, 4.69) is 10.3 Å². The summed E-state index contributed by atoms with van der Waals surface area (Å²) in [5, 5.41) is 3.50. The van der Waals surface area contributed by atoms with Crippen LogP contribution in [0.4, 0.5) is 0 Å². The zero-order chi connectivity index (χ0) is 16.0. The maximum atomic E-state index is 12.5. The first-order valence-electron chi connectivity index (χ1n) is 7.78. The van der Waals surface area contributed by atoms with Gasteiger partial charge in [-0.15, -0.1) is 0 Å². The number of amides is 1. The lowest BCUT2D eigenvalue weighted by Crippen LogP contribution is -2.44. The van der Waals surface area contributed by atoms with Crippen molar-refractivity contribution < 1.29 is 9.53 Å². The third-order valence-corrected chi connectivity index (χ3v) is 4.97. The third-order valence-electron chi connectivity index (χ3n) is 4.64. The zero-order valence-electron chi connectivity index (χ0n) is 12.5. The normalized spacial score (nSPS) is 25.8. The Labute approximate surface area is 137 Å². The van der Waals surface area contributed by atoms with Gasteiger partial charge in [-0.05, 0) is 43.6 Å².